The van der Waals surface area contributed by atoms with Crippen LogP contribution in [0, 0.1) is 10.1 Å². The Hall–Kier alpha value is -3.25. The molecule has 0 atom stereocenters. The summed E-state index contributed by atoms with van der Waals surface area (Å²) in [6.07, 6.45) is 1.34. The second kappa shape index (κ2) is 9.50. The first-order valence-electron chi connectivity index (χ1n) is 8.47. The van der Waals surface area contributed by atoms with E-state index in [2.05, 4.69) is 36.7 Å². The third-order valence-corrected chi connectivity index (χ3v) is 5.45. The van der Waals surface area contributed by atoms with Gasteiger partial charge in [0.05, 0.1) is 34.6 Å². The Morgan fingerprint density at radius 1 is 1.43 bits per heavy atom. The van der Waals surface area contributed by atoms with Gasteiger partial charge in [0, 0.05) is 22.2 Å². The first-order chi connectivity index (χ1) is 14.3. The van der Waals surface area contributed by atoms with Crippen LogP contribution in [0.2, 0.25) is 0 Å². The van der Waals surface area contributed by atoms with Crippen LogP contribution in [-0.2, 0) is 11.8 Å². The number of thioether (sulfide) groups is 1. The van der Waals surface area contributed by atoms with Gasteiger partial charge in [0.25, 0.3) is 17.4 Å². The molecule has 3 aromatic rings. The van der Waals surface area contributed by atoms with E-state index in [9.17, 15) is 20.0 Å². The smallest absolute Gasteiger partial charge is 0.337 e. The summed E-state index contributed by atoms with van der Waals surface area (Å²) in [6.45, 7) is 0. The average molecular weight is 492 g/mol. The lowest BCUT2D eigenvalue weighted by atomic mass is 10.2. The number of hydrogen-bond donors (Lipinski definition) is 3. The lowest BCUT2D eigenvalue weighted by Crippen LogP contribution is -2.32. The van der Waals surface area contributed by atoms with E-state index in [1.165, 1.54) is 36.2 Å². The second-order valence-corrected chi connectivity index (χ2v) is 7.86. The van der Waals surface area contributed by atoms with E-state index in [1.54, 1.807) is 35.9 Å². The monoisotopic (exact) mass is 491 g/mol. The molecule has 154 valence electrons. The number of amides is 1. The maximum atomic E-state index is 12.0. The number of nitrogens with zero attached hydrogens (tertiary/aromatic N) is 4. The van der Waals surface area contributed by atoms with Gasteiger partial charge in [0.2, 0.25) is 0 Å². The van der Waals surface area contributed by atoms with Crippen LogP contribution in [0.25, 0.3) is 11.4 Å². The quantitative estimate of drug-likeness (QED) is 0.152. The lowest BCUT2D eigenvalue weighted by Gasteiger charge is -2.00. The number of nitro groups is 1. The third kappa shape index (κ3) is 5.21. The zero-order chi connectivity index (χ0) is 21.7. The fraction of sp³-hybridized carbons (Fsp3) is 0.111. The van der Waals surface area contributed by atoms with Crippen molar-refractivity contribution in [1.29, 1.82) is 0 Å². The van der Waals surface area contributed by atoms with Crippen molar-refractivity contribution in [1.82, 2.24) is 15.6 Å². The molecular formula is C18H16BrN6O4S+. The van der Waals surface area contributed by atoms with Crippen molar-refractivity contribution in [2.24, 2.45) is 12.1 Å². The average Bonchev–Trinajstić information content (AvgIpc) is 3.09. The lowest BCUT2D eigenvalue weighted by molar-refractivity contribution is -0.698. The fourth-order valence-corrected chi connectivity index (χ4v) is 3.56. The summed E-state index contributed by atoms with van der Waals surface area (Å²) in [5, 5.41) is 32.1. The number of nitrogens with one attached hydrogen (secondary N) is 2. The predicted molar refractivity (Wildman–Crippen MR) is 114 cm³/mol. The first-order valence-corrected chi connectivity index (χ1v) is 10.3. The van der Waals surface area contributed by atoms with Gasteiger partial charge in [-0.2, -0.15) is 5.10 Å². The highest BCUT2D eigenvalue weighted by molar-refractivity contribution is 9.10. The Morgan fingerprint density at radius 3 is 3.00 bits per heavy atom. The zero-order valence-electron chi connectivity index (χ0n) is 15.6. The number of hydrogen-bond acceptors (Lipinski definition) is 7. The van der Waals surface area contributed by atoms with Gasteiger partial charge in [-0.05, 0) is 36.0 Å². The number of aromatic hydroxyl groups is 1. The topological polar surface area (TPSA) is 137 Å². The maximum absolute atomic E-state index is 12.0. The number of nitro benzene ring substituents is 1. The van der Waals surface area contributed by atoms with Gasteiger partial charge in [-0.25, -0.2) is 9.99 Å². The van der Waals surface area contributed by atoms with Gasteiger partial charge in [0.1, 0.15) is 5.75 Å². The number of phenols is 1. The molecule has 2 aromatic carbocycles. The van der Waals surface area contributed by atoms with Gasteiger partial charge < -0.3 is 5.11 Å². The van der Waals surface area contributed by atoms with E-state index in [0.717, 1.165) is 4.47 Å². The van der Waals surface area contributed by atoms with Crippen molar-refractivity contribution in [2.75, 3.05) is 5.75 Å². The Morgan fingerprint density at radius 2 is 2.23 bits per heavy atom. The highest BCUT2D eigenvalue weighted by atomic mass is 79.9. The minimum absolute atomic E-state index is 0.0231. The number of aromatic amines is 1. The molecule has 0 saturated carbocycles. The molecule has 0 unspecified atom stereocenters. The minimum atomic E-state index is -0.464. The number of rotatable bonds is 7. The molecule has 1 heterocycles. The van der Waals surface area contributed by atoms with Crippen LogP contribution < -0.4 is 9.99 Å². The van der Waals surface area contributed by atoms with Gasteiger partial charge in [-0.3, -0.25) is 14.9 Å². The summed E-state index contributed by atoms with van der Waals surface area (Å²) < 4.78 is 2.48. The first kappa shape index (κ1) is 21.5. The van der Waals surface area contributed by atoms with Crippen LogP contribution in [0.3, 0.4) is 0 Å². The molecule has 0 aliphatic heterocycles. The minimum Gasteiger partial charge on any atom is -0.507 e. The van der Waals surface area contributed by atoms with Crippen molar-refractivity contribution in [2.45, 2.75) is 5.16 Å². The number of carbonyl (C=O) groups is 1. The predicted octanol–water partition coefficient (Wildman–Crippen LogP) is 2.52. The highest BCUT2D eigenvalue weighted by Gasteiger charge is 2.21. The van der Waals surface area contributed by atoms with Crippen LogP contribution in [0.5, 0.6) is 5.75 Å². The number of benzene rings is 2. The van der Waals surface area contributed by atoms with E-state index in [4.69, 9.17) is 0 Å². The Balaban J connectivity index is 1.60. The van der Waals surface area contributed by atoms with E-state index in [0.29, 0.717) is 22.1 Å². The van der Waals surface area contributed by atoms with E-state index < -0.39 is 4.92 Å². The number of phenolic OH excluding ortho intramolecular Hbond substituents is 1. The summed E-state index contributed by atoms with van der Waals surface area (Å²) in [7, 11) is 1.74. The summed E-state index contributed by atoms with van der Waals surface area (Å²) in [6, 6.07) is 11.0. The number of carbonyl (C=O) groups excluding carboxylic acids is 1. The van der Waals surface area contributed by atoms with Gasteiger partial charge in [-0.15, -0.1) is 5.10 Å². The summed E-state index contributed by atoms with van der Waals surface area (Å²) in [5.74, 6) is 0.313. The number of aromatic nitrogens is 3. The molecule has 0 bridgehead atoms. The van der Waals surface area contributed by atoms with E-state index in [1.807, 2.05) is 0 Å². The largest absolute Gasteiger partial charge is 0.507 e. The third-order valence-electron chi connectivity index (χ3n) is 3.93. The van der Waals surface area contributed by atoms with E-state index >= 15 is 0 Å². The van der Waals surface area contributed by atoms with E-state index in [-0.39, 0.29) is 23.1 Å². The maximum Gasteiger partial charge on any atom is 0.337 e. The van der Waals surface area contributed by atoms with Crippen LogP contribution >= 0.6 is 27.7 Å². The van der Waals surface area contributed by atoms with Gasteiger partial charge in [0.15, 0.2) is 0 Å². The Labute approximate surface area is 183 Å². The number of halogens is 1. The van der Waals surface area contributed by atoms with Crippen LogP contribution in [0.4, 0.5) is 5.69 Å². The van der Waals surface area contributed by atoms with Gasteiger partial charge >= 0.3 is 5.16 Å². The van der Waals surface area contributed by atoms with Crippen LogP contribution in [0.15, 0.2) is 57.2 Å². The molecule has 12 heteroatoms. The van der Waals surface area contributed by atoms with Crippen molar-refractivity contribution >= 4 is 45.5 Å². The van der Waals surface area contributed by atoms with Crippen LogP contribution in [0.1, 0.15) is 5.56 Å². The zero-order valence-corrected chi connectivity index (χ0v) is 18.0. The van der Waals surface area contributed by atoms with Crippen molar-refractivity contribution in [3.05, 3.63) is 62.6 Å². The van der Waals surface area contributed by atoms with Crippen LogP contribution in [-0.4, -0.2) is 38.1 Å². The molecule has 3 N–H and O–H groups in total. The van der Waals surface area contributed by atoms with Crippen molar-refractivity contribution in [3.63, 3.8) is 0 Å². The molecule has 0 aliphatic carbocycles. The standard InChI is InChI=1S/C18H15BrN6O4S/c1-24-17(11-3-2-4-14(8-11)25(28)29)22-23-18(24)30-10-16(27)21-20-9-12-7-13(19)5-6-15(12)26/h2-9H,10H2,1H3,(H2,20,21,26,27)/p+1. The Bertz CT molecular complexity index is 1130. The molecule has 0 fully saturated rings. The molecule has 1 aromatic heterocycles. The molecule has 10 nitrogen and oxygen atoms in total. The molecule has 1 amide bonds. The SMILES string of the molecule is C[n+]1c(SCC(=O)N/N=C/c2cc(Br)ccc2O)n[nH]c1-c1cccc([N+](=O)[O-])c1. The Kier molecular flexibility index (Phi) is 6.79. The molecule has 0 spiro atoms. The van der Waals surface area contributed by atoms with Crippen molar-refractivity contribution in [3.8, 4) is 17.1 Å². The summed E-state index contributed by atoms with van der Waals surface area (Å²) in [5.41, 5.74) is 3.43. The molecule has 0 radical (unpaired) electrons. The molecule has 30 heavy (non-hydrogen) atoms. The van der Waals surface area contributed by atoms with Crippen molar-refractivity contribution < 1.29 is 19.4 Å². The molecule has 0 saturated heterocycles. The fourth-order valence-electron chi connectivity index (χ4n) is 2.47. The summed E-state index contributed by atoms with van der Waals surface area (Å²) >= 11 is 4.47. The normalized spacial score (nSPS) is 11.0. The number of H-pyrrole nitrogens is 1. The number of hydrazone groups is 1. The highest BCUT2D eigenvalue weighted by Crippen LogP contribution is 2.22. The number of non-ortho nitro benzene ring substituents is 1. The molecule has 3 rings (SSSR count). The van der Waals surface area contributed by atoms with Gasteiger partial charge in [-0.1, -0.05) is 22.0 Å². The second-order valence-electron chi connectivity index (χ2n) is 6.01. The molecule has 0 aliphatic rings. The summed E-state index contributed by atoms with van der Waals surface area (Å²) in [4.78, 5) is 22.5. The molecular weight excluding hydrogens is 476 g/mol.